The van der Waals surface area contributed by atoms with Gasteiger partial charge in [0.2, 0.25) is 5.91 Å². The van der Waals surface area contributed by atoms with Crippen molar-refractivity contribution in [1.29, 1.82) is 0 Å². The van der Waals surface area contributed by atoms with Gasteiger partial charge in [-0.15, -0.1) is 0 Å². The van der Waals surface area contributed by atoms with Gasteiger partial charge in [-0.05, 0) is 27.2 Å². The van der Waals surface area contributed by atoms with Crippen molar-refractivity contribution in [3.8, 4) is 0 Å². The highest BCUT2D eigenvalue weighted by atomic mass is 16.2. The van der Waals surface area contributed by atoms with Crippen molar-refractivity contribution in [1.82, 2.24) is 4.90 Å². The summed E-state index contributed by atoms with van der Waals surface area (Å²) >= 11 is 0. The summed E-state index contributed by atoms with van der Waals surface area (Å²) in [4.78, 5) is 13.5. The Labute approximate surface area is 81.3 Å². The molecule has 78 valence electrons. The van der Waals surface area contributed by atoms with Crippen molar-refractivity contribution < 1.29 is 4.79 Å². The van der Waals surface area contributed by atoms with E-state index in [0.717, 1.165) is 13.0 Å². The molecule has 13 heavy (non-hydrogen) atoms. The second-order valence-electron chi connectivity index (χ2n) is 3.62. The van der Waals surface area contributed by atoms with E-state index in [9.17, 15) is 4.79 Å². The van der Waals surface area contributed by atoms with Gasteiger partial charge in [-0.25, -0.2) is 0 Å². The number of rotatable bonds is 5. The van der Waals surface area contributed by atoms with Crippen LogP contribution in [-0.4, -0.2) is 29.4 Å². The van der Waals surface area contributed by atoms with Gasteiger partial charge in [-0.1, -0.05) is 6.92 Å². The molecule has 3 nitrogen and oxygen atoms in total. The fourth-order valence-electron chi connectivity index (χ4n) is 1.35. The van der Waals surface area contributed by atoms with Crippen molar-refractivity contribution in [3.63, 3.8) is 0 Å². The van der Waals surface area contributed by atoms with Crippen LogP contribution in [0.2, 0.25) is 0 Å². The molecule has 0 aliphatic carbocycles. The van der Waals surface area contributed by atoms with Crippen LogP contribution in [0.15, 0.2) is 0 Å². The minimum Gasteiger partial charge on any atom is -0.340 e. The normalized spacial score (nSPS) is 15.2. The van der Waals surface area contributed by atoms with Gasteiger partial charge in [0.1, 0.15) is 0 Å². The monoisotopic (exact) mass is 186 g/mol. The predicted molar refractivity (Wildman–Crippen MR) is 55.4 cm³/mol. The van der Waals surface area contributed by atoms with Crippen molar-refractivity contribution in [3.05, 3.63) is 0 Å². The smallest absolute Gasteiger partial charge is 0.224 e. The maximum Gasteiger partial charge on any atom is 0.224 e. The molecule has 0 aliphatic rings. The van der Waals surface area contributed by atoms with Crippen LogP contribution in [0.1, 0.15) is 40.5 Å². The molecule has 0 spiro atoms. The highest BCUT2D eigenvalue weighted by molar-refractivity contribution is 5.77. The number of hydrogen-bond acceptors (Lipinski definition) is 2. The van der Waals surface area contributed by atoms with Crippen LogP contribution in [0, 0.1) is 0 Å². The Morgan fingerprint density at radius 2 is 1.92 bits per heavy atom. The lowest BCUT2D eigenvalue weighted by Gasteiger charge is -2.27. The summed E-state index contributed by atoms with van der Waals surface area (Å²) in [6, 6.07) is 0.293. The molecule has 0 aliphatic heterocycles. The van der Waals surface area contributed by atoms with Crippen LogP contribution < -0.4 is 5.73 Å². The van der Waals surface area contributed by atoms with Gasteiger partial charge in [0.15, 0.2) is 0 Å². The first-order chi connectivity index (χ1) is 6.02. The SMILES string of the molecule is CCC(C)N(CC)C(=O)CC(C)N. The first-order valence-electron chi connectivity index (χ1n) is 5.07. The molecule has 2 N–H and O–H groups in total. The molecule has 2 unspecified atom stereocenters. The zero-order valence-electron chi connectivity index (χ0n) is 9.21. The minimum atomic E-state index is -0.0365. The third kappa shape index (κ3) is 4.27. The lowest BCUT2D eigenvalue weighted by Crippen LogP contribution is -2.40. The maximum atomic E-state index is 11.6. The molecule has 2 atom stereocenters. The summed E-state index contributed by atoms with van der Waals surface area (Å²) in [6.45, 7) is 8.81. The molecular formula is C10H22N2O. The number of nitrogens with two attached hydrogens (primary N) is 1. The summed E-state index contributed by atoms with van der Waals surface area (Å²) in [7, 11) is 0. The van der Waals surface area contributed by atoms with Crippen molar-refractivity contribution >= 4 is 5.91 Å². The second kappa shape index (κ2) is 5.97. The Morgan fingerprint density at radius 1 is 1.38 bits per heavy atom. The van der Waals surface area contributed by atoms with Crippen molar-refractivity contribution in [2.75, 3.05) is 6.54 Å². The van der Waals surface area contributed by atoms with E-state index in [1.165, 1.54) is 0 Å². The van der Waals surface area contributed by atoms with Crippen LogP contribution >= 0.6 is 0 Å². The quantitative estimate of drug-likeness (QED) is 0.705. The minimum absolute atomic E-state index is 0.0365. The number of amides is 1. The van der Waals surface area contributed by atoms with E-state index < -0.39 is 0 Å². The average Bonchev–Trinajstić information content (AvgIpc) is 2.03. The van der Waals surface area contributed by atoms with Gasteiger partial charge in [0, 0.05) is 25.0 Å². The Balaban J connectivity index is 4.15. The molecule has 1 amide bonds. The third-order valence-electron chi connectivity index (χ3n) is 2.28. The second-order valence-corrected chi connectivity index (χ2v) is 3.62. The molecule has 0 aromatic heterocycles. The van der Waals surface area contributed by atoms with Crippen molar-refractivity contribution in [2.24, 2.45) is 5.73 Å². The summed E-state index contributed by atoms with van der Waals surface area (Å²) in [6.07, 6.45) is 1.46. The summed E-state index contributed by atoms with van der Waals surface area (Å²) in [5, 5.41) is 0. The van der Waals surface area contributed by atoms with Crippen LogP contribution in [0.3, 0.4) is 0 Å². The van der Waals surface area contributed by atoms with E-state index in [4.69, 9.17) is 5.73 Å². The number of hydrogen-bond donors (Lipinski definition) is 1. The van der Waals surface area contributed by atoms with E-state index in [1.54, 1.807) is 0 Å². The first kappa shape index (κ1) is 12.4. The fourth-order valence-corrected chi connectivity index (χ4v) is 1.35. The van der Waals surface area contributed by atoms with Crippen LogP contribution in [0.5, 0.6) is 0 Å². The van der Waals surface area contributed by atoms with Gasteiger partial charge >= 0.3 is 0 Å². The summed E-state index contributed by atoms with van der Waals surface area (Å²) in [5.41, 5.74) is 5.58. The Kier molecular flexibility index (Phi) is 5.71. The molecule has 0 aromatic rings. The van der Waals surface area contributed by atoms with Gasteiger partial charge in [0.05, 0.1) is 0 Å². The molecule has 0 rings (SSSR count). The van der Waals surface area contributed by atoms with E-state index in [0.29, 0.717) is 12.5 Å². The van der Waals surface area contributed by atoms with Crippen LogP contribution in [-0.2, 0) is 4.79 Å². The summed E-state index contributed by atoms with van der Waals surface area (Å²) in [5.74, 6) is 0.173. The lowest BCUT2D eigenvalue weighted by molar-refractivity contribution is -0.133. The molecule has 3 heteroatoms. The van der Waals surface area contributed by atoms with E-state index in [-0.39, 0.29) is 11.9 Å². The standard InChI is InChI=1S/C10H22N2O/c1-5-9(4)12(6-2)10(13)7-8(3)11/h8-9H,5-7,11H2,1-4H3. The van der Waals surface area contributed by atoms with Gasteiger partial charge in [-0.2, -0.15) is 0 Å². The fraction of sp³-hybridized carbons (Fsp3) is 0.900. The highest BCUT2D eigenvalue weighted by Crippen LogP contribution is 2.06. The maximum absolute atomic E-state index is 11.6. The van der Waals surface area contributed by atoms with Crippen LogP contribution in [0.4, 0.5) is 0 Å². The molecule has 0 saturated heterocycles. The zero-order chi connectivity index (χ0) is 10.4. The number of carbonyl (C=O) groups is 1. The highest BCUT2D eigenvalue weighted by Gasteiger charge is 2.17. The molecular weight excluding hydrogens is 164 g/mol. The number of nitrogens with zero attached hydrogens (tertiary/aromatic N) is 1. The molecule has 0 saturated carbocycles. The van der Waals surface area contributed by atoms with Gasteiger partial charge in [0.25, 0.3) is 0 Å². The van der Waals surface area contributed by atoms with E-state index >= 15 is 0 Å². The third-order valence-corrected chi connectivity index (χ3v) is 2.28. The van der Waals surface area contributed by atoms with E-state index in [1.807, 2.05) is 18.7 Å². The van der Waals surface area contributed by atoms with Gasteiger partial charge < -0.3 is 10.6 Å². The number of carbonyl (C=O) groups excluding carboxylic acids is 1. The Hall–Kier alpha value is -0.570. The Morgan fingerprint density at radius 3 is 2.23 bits per heavy atom. The lowest BCUT2D eigenvalue weighted by atomic mass is 10.1. The predicted octanol–water partition coefficient (Wildman–Crippen LogP) is 1.37. The summed E-state index contributed by atoms with van der Waals surface area (Å²) < 4.78 is 0. The molecule has 0 fully saturated rings. The van der Waals surface area contributed by atoms with Gasteiger partial charge in [-0.3, -0.25) is 4.79 Å². The zero-order valence-corrected chi connectivity index (χ0v) is 9.21. The molecule has 0 aromatic carbocycles. The van der Waals surface area contributed by atoms with Crippen molar-refractivity contribution in [2.45, 2.75) is 52.6 Å². The average molecular weight is 186 g/mol. The largest absolute Gasteiger partial charge is 0.340 e. The van der Waals surface area contributed by atoms with Crippen LogP contribution in [0.25, 0.3) is 0 Å². The topological polar surface area (TPSA) is 46.3 Å². The molecule has 0 heterocycles. The van der Waals surface area contributed by atoms with E-state index in [2.05, 4.69) is 13.8 Å². The molecule has 0 radical (unpaired) electrons. The molecule has 0 bridgehead atoms. The first-order valence-corrected chi connectivity index (χ1v) is 5.07. The Bertz CT molecular complexity index is 157.